The monoisotopic (exact) mass is 292 g/mol. The molecule has 19 heavy (non-hydrogen) atoms. The van der Waals surface area contributed by atoms with E-state index in [1.165, 1.54) is 15.3 Å². The largest absolute Gasteiger partial charge is 0.269 e. The van der Waals surface area contributed by atoms with Crippen molar-refractivity contribution < 1.29 is 8.42 Å². The van der Waals surface area contributed by atoms with E-state index in [1.54, 1.807) is 36.5 Å². The number of fused-ring (bicyclic) bond motifs is 1. The summed E-state index contributed by atoms with van der Waals surface area (Å²) in [5.41, 5.74) is 1.53. The first-order valence-corrected chi connectivity index (χ1v) is 8.01. The van der Waals surface area contributed by atoms with Crippen LogP contribution in [-0.2, 0) is 10.0 Å². The highest BCUT2D eigenvalue weighted by Crippen LogP contribution is 2.26. The second kappa shape index (κ2) is 4.18. The van der Waals surface area contributed by atoms with E-state index >= 15 is 0 Å². The van der Waals surface area contributed by atoms with Crippen LogP contribution in [0.15, 0.2) is 41.4 Å². The number of thiazole rings is 1. The molecule has 98 valence electrons. The Hall–Kier alpha value is -1.66. The Morgan fingerprint density at radius 1 is 1.11 bits per heavy atom. The van der Waals surface area contributed by atoms with E-state index in [2.05, 4.69) is 4.98 Å². The lowest BCUT2D eigenvalue weighted by Gasteiger charge is -2.06. The van der Waals surface area contributed by atoms with E-state index in [9.17, 15) is 8.42 Å². The van der Waals surface area contributed by atoms with Crippen molar-refractivity contribution >= 4 is 31.7 Å². The topological polar surface area (TPSA) is 52.0 Å². The van der Waals surface area contributed by atoms with E-state index in [4.69, 9.17) is 0 Å². The molecule has 0 aliphatic heterocycles. The van der Waals surface area contributed by atoms with Crippen LogP contribution in [0.1, 0.15) is 10.6 Å². The molecule has 0 spiro atoms. The summed E-state index contributed by atoms with van der Waals surface area (Å²) in [5, 5.41) is 0.860. The van der Waals surface area contributed by atoms with Crippen LogP contribution in [0.2, 0.25) is 0 Å². The molecule has 0 unspecified atom stereocenters. The van der Waals surface area contributed by atoms with Crippen LogP contribution >= 0.6 is 11.3 Å². The summed E-state index contributed by atoms with van der Waals surface area (Å²) in [5.74, 6) is 0. The molecule has 0 aliphatic carbocycles. The van der Waals surface area contributed by atoms with Crippen molar-refractivity contribution in [3.63, 3.8) is 0 Å². The zero-order valence-electron chi connectivity index (χ0n) is 10.5. The number of benzene rings is 1. The van der Waals surface area contributed by atoms with E-state index in [1.807, 2.05) is 13.8 Å². The normalized spacial score (nSPS) is 12.1. The number of aryl methyl sites for hydroxylation is 2. The van der Waals surface area contributed by atoms with E-state index < -0.39 is 10.0 Å². The quantitative estimate of drug-likeness (QED) is 0.729. The Labute approximate surface area is 115 Å². The lowest BCUT2D eigenvalue weighted by molar-refractivity contribution is 0.589. The highest BCUT2D eigenvalue weighted by molar-refractivity contribution is 7.90. The average molecular weight is 292 g/mol. The van der Waals surface area contributed by atoms with Crippen LogP contribution in [-0.4, -0.2) is 17.4 Å². The number of hydrogen-bond donors (Lipinski definition) is 0. The third-order valence-electron chi connectivity index (χ3n) is 2.89. The Kier molecular flexibility index (Phi) is 2.72. The zero-order valence-corrected chi connectivity index (χ0v) is 12.1. The summed E-state index contributed by atoms with van der Waals surface area (Å²) < 4.78 is 27.2. The first kappa shape index (κ1) is 12.4. The fourth-order valence-corrected chi connectivity index (χ4v) is 4.09. The van der Waals surface area contributed by atoms with Gasteiger partial charge in [-0.1, -0.05) is 17.7 Å². The van der Waals surface area contributed by atoms with Gasteiger partial charge in [0.25, 0.3) is 10.0 Å². The first-order valence-electron chi connectivity index (χ1n) is 5.75. The van der Waals surface area contributed by atoms with Crippen LogP contribution in [0.3, 0.4) is 0 Å². The SMILES string of the molecule is Cc1ccc(S(=O)(=O)n2ccc3sc(C)nc32)cc1. The molecule has 0 amide bonds. The maximum atomic E-state index is 12.6. The van der Waals surface area contributed by atoms with Crippen LogP contribution in [0.4, 0.5) is 0 Å². The molecule has 0 fully saturated rings. The fourth-order valence-electron chi connectivity index (χ4n) is 1.92. The highest BCUT2D eigenvalue weighted by atomic mass is 32.2. The molecule has 0 bridgehead atoms. The third kappa shape index (κ3) is 1.97. The number of hydrogen-bond acceptors (Lipinski definition) is 4. The van der Waals surface area contributed by atoms with Crippen molar-refractivity contribution in [3.05, 3.63) is 47.1 Å². The smallest absolute Gasteiger partial charge is 0.223 e. The summed E-state index contributed by atoms with van der Waals surface area (Å²) in [6.45, 7) is 3.79. The second-order valence-electron chi connectivity index (χ2n) is 4.35. The van der Waals surface area contributed by atoms with Gasteiger partial charge in [-0.2, -0.15) is 0 Å². The van der Waals surface area contributed by atoms with Gasteiger partial charge >= 0.3 is 0 Å². The molecule has 4 nitrogen and oxygen atoms in total. The van der Waals surface area contributed by atoms with Crippen LogP contribution in [0.5, 0.6) is 0 Å². The highest BCUT2D eigenvalue weighted by Gasteiger charge is 2.20. The molecule has 0 radical (unpaired) electrons. The molecule has 2 aromatic heterocycles. The zero-order chi connectivity index (χ0) is 13.6. The lowest BCUT2D eigenvalue weighted by Crippen LogP contribution is -2.12. The van der Waals surface area contributed by atoms with Gasteiger partial charge in [-0.25, -0.2) is 17.4 Å². The second-order valence-corrected chi connectivity index (χ2v) is 7.40. The molecule has 0 atom stereocenters. The first-order chi connectivity index (χ1) is 8.98. The molecule has 3 aromatic rings. The Bertz CT molecular complexity index is 843. The number of nitrogens with zero attached hydrogens (tertiary/aromatic N) is 2. The van der Waals surface area contributed by atoms with Gasteiger partial charge in [-0.05, 0) is 32.0 Å². The van der Waals surface area contributed by atoms with Gasteiger partial charge in [0.05, 0.1) is 14.6 Å². The van der Waals surface area contributed by atoms with Crippen molar-refractivity contribution in [2.75, 3.05) is 0 Å². The van der Waals surface area contributed by atoms with E-state index in [0.29, 0.717) is 5.65 Å². The summed E-state index contributed by atoms with van der Waals surface area (Å²) in [7, 11) is -3.56. The predicted octanol–water partition coefficient (Wildman–Crippen LogP) is 2.95. The molecule has 0 saturated carbocycles. The van der Waals surface area contributed by atoms with Crippen molar-refractivity contribution in [3.8, 4) is 0 Å². The Balaban J connectivity index is 2.21. The van der Waals surface area contributed by atoms with E-state index in [-0.39, 0.29) is 4.90 Å². The summed E-state index contributed by atoms with van der Waals surface area (Å²) >= 11 is 1.49. The predicted molar refractivity (Wildman–Crippen MR) is 76.1 cm³/mol. The fraction of sp³-hybridized carbons (Fsp3) is 0.154. The summed E-state index contributed by atoms with van der Waals surface area (Å²) in [6.07, 6.45) is 1.56. The maximum Gasteiger partial charge on any atom is 0.269 e. The van der Waals surface area contributed by atoms with Crippen LogP contribution in [0, 0.1) is 13.8 Å². The van der Waals surface area contributed by atoms with E-state index in [0.717, 1.165) is 15.3 Å². The molecule has 3 rings (SSSR count). The molecule has 2 heterocycles. The van der Waals surface area contributed by atoms with Gasteiger partial charge in [0, 0.05) is 6.20 Å². The van der Waals surface area contributed by atoms with Gasteiger partial charge in [-0.15, -0.1) is 11.3 Å². The minimum absolute atomic E-state index is 0.279. The van der Waals surface area contributed by atoms with Gasteiger partial charge in [-0.3, -0.25) is 0 Å². The Morgan fingerprint density at radius 2 is 1.79 bits per heavy atom. The van der Waals surface area contributed by atoms with Crippen molar-refractivity contribution in [2.45, 2.75) is 18.7 Å². The van der Waals surface area contributed by atoms with Crippen molar-refractivity contribution in [1.82, 2.24) is 8.96 Å². The molecule has 0 saturated heterocycles. The third-order valence-corrected chi connectivity index (χ3v) is 5.49. The van der Waals surface area contributed by atoms with Gasteiger partial charge in [0.2, 0.25) is 0 Å². The number of rotatable bonds is 2. The minimum atomic E-state index is -3.56. The molecule has 0 aliphatic rings. The minimum Gasteiger partial charge on any atom is -0.223 e. The van der Waals surface area contributed by atoms with Gasteiger partial charge in [0.1, 0.15) is 0 Å². The standard InChI is InChI=1S/C13H12N2O2S2/c1-9-3-5-11(6-4-9)19(16,17)15-8-7-12-13(15)14-10(2)18-12/h3-8H,1-2H3. The van der Waals surface area contributed by atoms with Crippen molar-refractivity contribution in [1.29, 1.82) is 0 Å². The summed E-state index contributed by atoms with van der Waals surface area (Å²) in [6, 6.07) is 8.61. The lowest BCUT2D eigenvalue weighted by atomic mass is 10.2. The van der Waals surface area contributed by atoms with Crippen molar-refractivity contribution in [2.24, 2.45) is 0 Å². The molecular formula is C13H12N2O2S2. The molecule has 0 N–H and O–H groups in total. The molecule has 6 heteroatoms. The molecular weight excluding hydrogens is 280 g/mol. The maximum absolute atomic E-state index is 12.6. The molecule has 1 aromatic carbocycles. The summed E-state index contributed by atoms with van der Waals surface area (Å²) in [4.78, 5) is 4.56. The van der Waals surface area contributed by atoms with Crippen LogP contribution < -0.4 is 0 Å². The number of aromatic nitrogens is 2. The Morgan fingerprint density at radius 3 is 2.47 bits per heavy atom. The average Bonchev–Trinajstić information content (AvgIpc) is 2.88. The van der Waals surface area contributed by atoms with Crippen LogP contribution in [0.25, 0.3) is 10.3 Å². The van der Waals surface area contributed by atoms with Gasteiger partial charge in [0.15, 0.2) is 5.65 Å². The van der Waals surface area contributed by atoms with Gasteiger partial charge < -0.3 is 0 Å².